The second-order valence-corrected chi connectivity index (χ2v) is 6.43. The van der Waals surface area contributed by atoms with E-state index in [1.165, 1.54) is 0 Å². The fourth-order valence-electron chi connectivity index (χ4n) is 0.930. The molecule has 2 rings (SSSR count). The zero-order valence-electron chi connectivity index (χ0n) is 7.71. The summed E-state index contributed by atoms with van der Waals surface area (Å²) in [6.07, 6.45) is 0. The summed E-state index contributed by atoms with van der Waals surface area (Å²) in [5.41, 5.74) is 0.865. The van der Waals surface area contributed by atoms with Crippen molar-refractivity contribution in [1.29, 1.82) is 0 Å². The quantitative estimate of drug-likeness (QED) is 0.661. The molecule has 0 bridgehead atoms. The molecule has 0 fully saturated rings. The van der Waals surface area contributed by atoms with Crippen LogP contribution in [0, 0.1) is 2.88 Å². The third-order valence-electron chi connectivity index (χ3n) is 1.54. The Kier molecular flexibility index (Phi) is 3.82. The molecule has 0 aliphatic carbocycles. The molecule has 0 atom stereocenters. The Morgan fingerprint density at radius 1 is 1.62 bits per heavy atom. The van der Waals surface area contributed by atoms with E-state index >= 15 is 0 Å². The SMILES string of the molecule is O=C(O)CSc1nnc(-c2csc(I)c2)o1. The molecule has 8 heteroatoms. The highest BCUT2D eigenvalue weighted by molar-refractivity contribution is 14.1. The van der Waals surface area contributed by atoms with Crippen LogP contribution in [0.2, 0.25) is 0 Å². The molecule has 2 aromatic heterocycles. The molecule has 1 N–H and O–H groups in total. The number of carbonyl (C=O) groups is 1. The van der Waals surface area contributed by atoms with Gasteiger partial charge in [0.2, 0.25) is 5.89 Å². The maximum Gasteiger partial charge on any atom is 0.314 e. The Morgan fingerprint density at radius 3 is 3.06 bits per heavy atom. The number of thioether (sulfide) groups is 1. The van der Waals surface area contributed by atoms with Gasteiger partial charge in [0.25, 0.3) is 5.22 Å². The van der Waals surface area contributed by atoms with Crippen molar-refractivity contribution in [2.45, 2.75) is 5.22 Å². The van der Waals surface area contributed by atoms with Crippen molar-refractivity contribution >= 4 is 51.7 Å². The molecule has 5 nitrogen and oxygen atoms in total. The molecule has 0 saturated carbocycles. The summed E-state index contributed by atoms with van der Waals surface area (Å²) in [5.74, 6) is -0.565. The van der Waals surface area contributed by atoms with E-state index in [0.717, 1.165) is 20.2 Å². The van der Waals surface area contributed by atoms with Crippen LogP contribution in [0.4, 0.5) is 0 Å². The van der Waals surface area contributed by atoms with Crippen molar-refractivity contribution in [3.05, 3.63) is 14.3 Å². The maximum absolute atomic E-state index is 10.3. The molecule has 84 valence electrons. The van der Waals surface area contributed by atoms with Crippen LogP contribution in [-0.2, 0) is 4.79 Å². The van der Waals surface area contributed by atoms with E-state index in [1.54, 1.807) is 11.3 Å². The molecule has 0 saturated heterocycles. The molecule has 0 aromatic carbocycles. The fraction of sp³-hybridized carbons (Fsp3) is 0.125. The summed E-state index contributed by atoms with van der Waals surface area (Å²) in [7, 11) is 0. The van der Waals surface area contributed by atoms with Gasteiger partial charge in [-0.05, 0) is 28.7 Å². The molecule has 0 amide bonds. The van der Waals surface area contributed by atoms with E-state index in [4.69, 9.17) is 9.52 Å². The van der Waals surface area contributed by atoms with E-state index in [1.807, 2.05) is 11.4 Å². The number of carboxylic acid groups (broad SMARTS) is 1. The lowest BCUT2D eigenvalue weighted by Crippen LogP contribution is -1.97. The average molecular weight is 368 g/mol. The van der Waals surface area contributed by atoms with Gasteiger partial charge >= 0.3 is 5.97 Å². The molecule has 0 unspecified atom stereocenters. The van der Waals surface area contributed by atoms with Crippen molar-refractivity contribution in [1.82, 2.24) is 10.2 Å². The summed E-state index contributed by atoms with van der Waals surface area (Å²) in [5, 5.41) is 18.3. The summed E-state index contributed by atoms with van der Waals surface area (Å²) >= 11 is 4.80. The Morgan fingerprint density at radius 2 is 2.44 bits per heavy atom. The Labute approximate surface area is 112 Å². The van der Waals surface area contributed by atoms with Crippen molar-refractivity contribution in [3.63, 3.8) is 0 Å². The third-order valence-corrected chi connectivity index (χ3v) is 4.13. The Bertz CT molecular complexity index is 511. The van der Waals surface area contributed by atoms with Gasteiger partial charge in [0, 0.05) is 5.38 Å². The minimum absolute atomic E-state index is 0.0806. The van der Waals surface area contributed by atoms with E-state index in [2.05, 4.69) is 32.8 Å². The minimum Gasteiger partial charge on any atom is -0.481 e. The number of rotatable bonds is 4. The maximum atomic E-state index is 10.3. The third kappa shape index (κ3) is 2.95. The van der Waals surface area contributed by atoms with Crippen LogP contribution < -0.4 is 0 Å². The molecular formula is C8H5IN2O3S2. The lowest BCUT2D eigenvalue weighted by atomic mass is 10.3. The molecule has 0 radical (unpaired) electrons. The van der Waals surface area contributed by atoms with E-state index in [-0.39, 0.29) is 11.0 Å². The van der Waals surface area contributed by atoms with Gasteiger partial charge in [-0.1, -0.05) is 11.8 Å². The van der Waals surface area contributed by atoms with E-state index in [0.29, 0.717) is 5.89 Å². The van der Waals surface area contributed by atoms with Crippen LogP contribution in [0.3, 0.4) is 0 Å². The van der Waals surface area contributed by atoms with Crippen LogP contribution in [0.5, 0.6) is 0 Å². The molecule has 0 aliphatic heterocycles. The van der Waals surface area contributed by atoms with Crippen molar-refractivity contribution in [2.75, 3.05) is 5.75 Å². The number of hydrogen-bond acceptors (Lipinski definition) is 6. The first-order chi connectivity index (χ1) is 7.65. The smallest absolute Gasteiger partial charge is 0.314 e. The van der Waals surface area contributed by atoms with Crippen molar-refractivity contribution < 1.29 is 14.3 Å². The zero-order valence-corrected chi connectivity index (χ0v) is 11.5. The number of thiophene rings is 1. The largest absolute Gasteiger partial charge is 0.481 e. The van der Waals surface area contributed by atoms with Crippen molar-refractivity contribution in [3.8, 4) is 11.5 Å². The minimum atomic E-state index is -0.908. The van der Waals surface area contributed by atoms with Gasteiger partial charge in [0.15, 0.2) is 0 Å². The molecule has 2 heterocycles. The molecule has 0 aliphatic rings. The molecule has 0 spiro atoms. The monoisotopic (exact) mass is 368 g/mol. The number of hydrogen-bond donors (Lipinski definition) is 1. The van der Waals surface area contributed by atoms with Gasteiger partial charge in [-0.15, -0.1) is 21.5 Å². The lowest BCUT2D eigenvalue weighted by molar-refractivity contribution is -0.133. The Balaban J connectivity index is 2.10. The van der Waals surface area contributed by atoms with Crippen LogP contribution in [0.25, 0.3) is 11.5 Å². The number of aliphatic carboxylic acids is 1. The standard InChI is InChI=1S/C8H5IN2O3S2/c9-5-1-4(2-15-5)7-10-11-8(14-7)16-3-6(12)13/h1-2H,3H2,(H,12,13). The van der Waals surface area contributed by atoms with Crippen LogP contribution in [0.1, 0.15) is 0 Å². The predicted molar refractivity (Wildman–Crippen MR) is 68.7 cm³/mol. The van der Waals surface area contributed by atoms with Gasteiger partial charge in [-0.2, -0.15) is 0 Å². The number of halogens is 1. The average Bonchev–Trinajstić information content (AvgIpc) is 2.83. The topological polar surface area (TPSA) is 76.2 Å². The zero-order chi connectivity index (χ0) is 11.5. The van der Waals surface area contributed by atoms with Gasteiger partial charge in [-0.3, -0.25) is 4.79 Å². The van der Waals surface area contributed by atoms with Crippen LogP contribution >= 0.6 is 45.7 Å². The van der Waals surface area contributed by atoms with E-state index in [9.17, 15) is 4.79 Å². The summed E-state index contributed by atoms with van der Waals surface area (Å²) in [6, 6.07) is 1.93. The summed E-state index contributed by atoms with van der Waals surface area (Å²) in [4.78, 5) is 10.3. The highest BCUT2D eigenvalue weighted by Crippen LogP contribution is 2.27. The lowest BCUT2D eigenvalue weighted by Gasteiger charge is -1.88. The molecular weight excluding hydrogens is 363 g/mol. The normalized spacial score (nSPS) is 10.6. The van der Waals surface area contributed by atoms with Crippen LogP contribution in [-0.4, -0.2) is 27.0 Å². The number of nitrogens with zero attached hydrogens (tertiary/aromatic N) is 2. The highest BCUT2D eigenvalue weighted by Gasteiger charge is 2.11. The summed E-state index contributed by atoms with van der Waals surface area (Å²) < 4.78 is 6.44. The van der Waals surface area contributed by atoms with Crippen molar-refractivity contribution in [2.24, 2.45) is 0 Å². The van der Waals surface area contributed by atoms with E-state index < -0.39 is 5.97 Å². The second-order valence-electron chi connectivity index (χ2n) is 2.70. The van der Waals surface area contributed by atoms with Crippen LogP contribution in [0.15, 0.2) is 21.1 Å². The number of carboxylic acids is 1. The fourth-order valence-corrected chi connectivity index (χ4v) is 2.73. The Hall–Kier alpha value is -0.610. The number of aromatic nitrogens is 2. The predicted octanol–water partition coefficient (Wildman–Crippen LogP) is 2.58. The molecule has 2 aromatic rings. The summed E-state index contributed by atoms with van der Waals surface area (Å²) in [6.45, 7) is 0. The highest BCUT2D eigenvalue weighted by atomic mass is 127. The first-order valence-electron chi connectivity index (χ1n) is 4.07. The van der Waals surface area contributed by atoms with Gasteiger partial charge in [-0.25, -0.2) is 0 Å². The van der Waals surface area contributed by atoms with Gasteiger partial charge in [0.1, 0.15) is 5.75 Å². The molecule has 16 heavy (non-hydrogen) atoms. The van der Waals surface area contributed by atoms with Gasteiger partial charge in [0.05, 0.1) is 8.45 Å². The first-order valence-corrected chi connectivity index (χ1v) is 7.02. The first kappa shape index (κ1) is 11.9. The second kappa shape index (κ2) is 5.15. The van der Waals surface area contributed by atoms with Gasteiger partial charge < -0.3 is 9.52 Å².